The fourth-order valence-electron chi connectivity index (χ4n) is 1.64. The van der Waals surface area contributed by atoms with Gasteiger partial charge in [0.05, 0.1) is 30.2 Å². The van der Waals surface area contributed by atoms with Crippen LogP contribution < -0.4 is 10.1 Å². The van der Waals surface area contributed by atoms with Gasteiger partial charge in [-0.2, -0.15) is 13.2 Å². The molecular weight excluding hydrogens is 311 g/mol. The minimum absolute atomic E-state index is 0.0293. The number of furan rings is 1. The second-order valence-corrected chi connectivity index (χ2v) is 4.31. The molecule has 1 heterocycles. The van der Waals surface area contributed by atoms with Crippen LogP contribution in [-0.2, 0) is 6.18 Å². The standard InChI is InChI=1S/C13H9ClF3NO3/c1-20-7-2-3-10(9(6-7)13(15,16)17)18-12(19)8-4-5-21-11(8)14/h2-6H,1H3,(H,18,19). The lowest BCUT2D eigenvalue weighted by molar-refractivity contribution is -0.137. The summed E-state index contributed by atoms with van der Waals surface area (Å²) in [4.78, 5) is 11.9. The van der Waals surface area contributed by atoms with Gasteiger partial charge in [-0.3, -0.25) is 4.79 Å². The first-order valence-corrected chi connectivity index (χ1v) is 6.00. The number of nitrogens with one attached hydrogen (secondary N) is 1. The number of carbonyl (C=O) groups is 1. The van der Waals surface area contributed by atoms with Crippen molar-refractivity contribution in [1.82, 2.24) is 0 Å². The second-order valence-electron chi connectivity index (χ2n) is 3.97. The molecule has 0 bridgehead atoms. The monoisotopic (exact) mass is 319 g/mol. The van der Waals surface area contributed by atoms with E-state index in [9.17, 15) is 18.0 Å². The molecule has 1 amide bonds. The largest absolute Gasteiger partial charge is 0.497 e. The number of amides is 1. The van der Waals surface area contributed by atoms with E-state index in [1.807, 2.05) is 0 Å². The van der Waals surface area contributed by atoms with Gasteiger partial charge in [0.1, 0.15) is 5.75 Å². The fourth-order valence-corrected chi connectivity index (χ4v) is 1.84. The summed E-state index contributed by atoms with van der Waals surface area (Å²) >= 11 is 5.61. The third-order valence-electron chi connectivity index (χ3n) is 2.64. The SMILES string of the molecule is COc1ccc(NC(=O)c2ccoc2Cl)c(C(F)(F)F)c1. The van der Waals surface area contributed by atoms with Gasteiger partial charge in [0, 0.05) is 0 Å². The van der Waals surface area contributed by atoms with Crippen molar-refractivity contribution in [3.8, 4) is 5.75 Å². The molecule has 112 valence electrons. The first kappa shape index (κ1) is 15.2. The lowest BCUT2D eigenvalue weighted by Gasteiger charge is -2.14. The molecule has 0 saturated heterocycles. The second kappa shape index (κ2) is 5.69. The zero-order chi connectivity index (χ0) is 15.6. The summed E-state index contributed by atoms with van der Waals surface area (Å²) in [5.74, 6) is -0.772. The van der Waals surface area contributed by atoms with Crippen LogP contribution in [0.4, 0.5) is 18.9 Å². The van der Waals surface area contributed by atoms with Gasteiger partial charge in [-0.25, -0.2) is 0 Å². The predicted molar refractivity (Wildman–Crippen MR) is 69.7 cm³/mol. The summed E-state index contributed by atoms with van der Waals surface area (Å²) in [5.41, 5.74) is -1.47. The summed E-state index contributed by atoms with van der Waals surface area (Å²) in [5, 5.41) is 1.95. The average Bonchev–Trinajstić information content (AvgIpc) is 2.84. The molecule has 0 atom stereocenters. The zero-order valence-electron chi connectivity index (χ0n) is 10.6. The van der Waals surface area contributed by atoms with Crippen LogP contribution in [0.3, 0.4) is 0 Å². The highest BCUT2D eigenvalue weighted by Gasteiger charge is 2.34. The fraction of sp³-hybridized carbons (Fsp3) is 0.154. The lowest BCUT2D eigenvalue weighted by Crippen LogP contribution is -2.16. The Balaban J connectivity index is 2.36. The van der Waals surface area contributed by atoms with Gasteiger partial charge in [0.2, 0.25) is 5.22 Å². The molecule has 0 aliphatic carbocycles. The van der Waals surface area contributed by atoms with E-state index in [1.54, 1.807) is 0 Å². The highest BCUT2D eigenvalue weighted by molar-refractivity contribution is 6.32. The van der Waals surface area contributed by atoms with Crippen LogP contribution >= 0.6 is 11.6 Å². The molecule has 2 rings (SSSR count). The number of anilines is 1. The zero-order valence-corrected chi connectivity index (χ0v) is 11.4. The molecule has 0 spiro atoms. The molecule has 0 saturated carbocycles. The van der Waals surface area contributed by atoms with Crippen molar-refractivity contribution < 1.29 is 27.1 Å². The van der Waals surface area contributed by atoms with Crippen molar-refractivity contribution in [3.63, 3.8) is 0 Å². The first-order chi connectivity index (χ1) is 9.82. The number of alkyl halides is 3. The lowest BCUT2D eigenvalue weighted by atomic mass is 10.1. The van der Waals surface area contributed by atoms with E-state index < -0.39 is 23.3 Å². The Kier molecular flexibility index (Phi) is 4.13. The number of rotatable bonds is 3. The van der Waals surface area contributed by atoms with Crippen molar-refractivity contribution >= 4 is 23.2 Å². The van der Waals surface area contributed by atoms with E-state index >= 15 is 0 Å². The molecule has 0 fully saturated rings. The van der Waals surface area contributed by atoms with E-state index in [-0.39, 0.29) is 16.5 Å². The Hall–Kier alpha value is -2.15. The molecule has 2 aromatic rings. The maximum atomic E-state index is 13.0. The van der Waals surface area contributed by atoms with Gasteiger partial charge in [0.15, 0.2) is 0 Å². The third-order valence-corrected chi connectivity index (χ3v) is 2.94. The van der Waals surface area contributed by atoms with Crippen molar-refractivity contribution in [2.45, 2.75) is 6.18 Å². The van der Waals surface area contributed by atoms with Crippen molar-refractivity contribution in [2.75, 3.05) is 12.4 Å². The van der Waals surface area contributed by atoms with Crippen LogP contribution in [0, 0.1) is 0 Å². The predicted octanol–water partition coefficient (Wildman–Crippen LogP) is 4.21. The molecule has 0 aliphatic rings. The normalized spacial score (nSPS) is 11.3. The molecule has 21 heavy (non-hydrogen) atoms. The number of hydrogen-bond acceptors (Lipinski definition) is 3. The quantitative estimate of drug-likeness (QED) is 0.922. The number of methoxy groups -OCH3 is 1. The molecule has 4 nitrogen and oxygen atoms in total. The summed E-state index contributed by atoms with van der Waals surface area (Å²) in [6.07, 6.45) is -3.48. The highest BCUT2D eigenvalue weighted by atomic mass is 35.5. The van der Waals surface area contributed by atoms with Crippen LogP contribution in [0.25, 0.3) is 0 Å². The van der Waals surface area contributed by atoms with Crippen molar-refractivity contribution in [2.24, 2.45) is 0 Å². The topological polar surface area (TPSA) is 51.5 Å². The van der Waals surface area contributed by atoms with E-state index in [0.29, 0.717) is 0 Å². The molecule has 0 radical (unpaired) electrons. The van der Waals surface area contributed by atoms with Crippen LogP contribution in [0.5, 0.6) is 5.75 Å². The molecule has 0 aliphatic heterocycles. The highest BCUT2D eigenvalue weighted by Crippen LogP contribution is 2.37. The van der Waals surface area contributed by atoms with Crippen LogP contribution in [0.15, 0.2) is 34.9 Å². The van der Waals surface area contributed by atoms with Crippen LogP contribution in [-0.4, -0.2) is 13.0 Å². The number of benzene rings is 1. The first-order valence-electron chi connectivity index (χ1n) is 5.62. The number of hydrogen-bond donors (Lipinski definition) is 1. The maximum Gasteiger partial charge on any atom is 0.418 e. The molecule has 1 N–H and O–H groups in total. The van der Waals surface area contributed by atoms with Gasteiger partial charge >= 0.3 is 6.18 Å². The minimum Gasteiger partial charge on any atom is -0.497 e. The summed E-state index contributed by atoms with van der Waals surface area (Å²) < 4.78 is 48.4. The Morgan fingerprint density at radius 3 is 2.57 bits per heavy atom. The van der Waals surface area contributed by atoms with E-state index in [2.05, 4.69) is 5.32 Å². The Bertz CT molecular complexity index is 667. The van der Waals surface area contributed by atoms with Gasteiger partial charge in [0.25, 0.3) is 5.91 Å². The third kappa shape index (κ3) is 3.30. The molecule has 1 aromatic heterocycles. The summed E-state index contributed by atoms with van der Waals surface area (Å²) in [6, 6.07) is 4.47. The minimum atomic E-state index is -4.64. The smallest absolute Gasteiger partial charge is 0.418 e. The van der Waals surface area contributed by atoms with Crippen molar-refractivity contribution in [3.05, 3.63) is 46.9 Å². The average molecular weight is 320 g/mol. The van der Waals surface area contributed by atoms with E-state index in [1.165, 1.54) is 19.2 Å². The van der Waals surface area contributed by atoms with Gasteiger partial charge < -0.3 is 14.5 Å². The summed E-state index contributed by atoms with van der Waals surface area (Å²) in [6.45, 7) is 0. The Morgan fingerprint density at radius 1 is 1.33 bits per heavy atom. The number of carbonyl (C=O) groups excluding carboxylic acids is 1. The van der Waals surface area contributed by atoms with Crippen LogP contribution in [0.2, 0.25) is 5.22 Å². The molecular formula is C13H9ClF3NO3. The van der Waals surface area contributed by atoms with Gasteiger partial charge in [-0.1, -0.05) is 0 Å². The van der Waals surface area contributed by atoms with E-state index in [0.717, 1.165) is 18.4 Å². The Labute approximate surface area is 122 Å². The number of ether oxygens (including phenoxy) is 1. The molecule has 8 heteroatoms. The maximum absolute atomic E-state index is 13.0. The van der Waals surface area contributed by atoms with Crippen molar-refractivity contribution in [1.29, 1.82) is 0 Å². The van der Waals surface area contributed by atoms with Gasteiger partial charge in [-0.05, 0) is 35.9 Å². The molecule has 0 unspecified atom stereocenters. The number of halogens is 4. The molecule has 1 aromatic carbocycles. The Morgan fingerprint density at radius 2 is 2.05 bits per heavy atom. The van der Waals surface area contributed by atoms with Gasteiger partial charge in [-0.15, -0.1) is 0 Å². The van der Waals surface area contributed by atoms with Crippen LogP contribution in [0.1, 0.15) is 15.9 Å². The summed E-state index contributed by atoms with van der Waals surface area (Å²) in [7, 11) is 1.25. The van der Waals surface area contributed by atoms with E-state index in [4.69, 9.17) is 20.8 Å².